The lowest BCUT2D eigenvalue weighted by Crippen LogP contribution is -2.37. The monoisotopic (exact) mass is 348 g/mol. The smallest absolute Gasteiger partial charge is 0.232 e. The second-order valence-electron chi connectivity index (χ2n) is 5.72. The lowest BCUT2D eigenvalue weighted by Gasteiger charge is -2.24. The molecule has 1 amide bonds. The van der Waals surface area contributed by atoms with Crippen molar-refractivity contribution < 1.29 is 4.79 Å². The summed E-state index contributed by atoms with van der Waals surface area (Å²) in [4.78, 5) is 14.5. The first-order valence-corrected chi connectivity index (χ1v) is 9.69. The van der Waals surface area contributed by atoms with Gasteiger partial charge in [-0.3, -0.25) is 4.79 Å². The van der Waals surface area contributed by atoms with E-state index in [0.717, 1.165) is 5.75 Å². The zero-order valence-electron chi connectivity index (χ0n) is 13.9. The average molecular weight is 349 g/mol. The van der Waals surface area contributed by atoms with E-state index in [2.05, 4.69) is 39.2 Å². The number of hydrogen-bond acceptors (Lipinski definition) is 4. The van der Waals surface area contributed by atoms with Gasteiger partial charge in [0, 0.05) is 12.3 Å². The Kier molecular flexibility index (Phi) is 7.15. The molecule has 0 aliphatic heterocycles. The molecule has 124 valence electrons. The van der Waals surface area contributed by atoms with Gasteiger partial charge in [-0.05, 0) is 49.0 Å². The van der Waals surface area contributed by atoms with Crippen molar-refractivity contribution >= 4 is 29.0 Å². The van der Waals surface area contributed by atoms with E-state index < -0.39 is 0 Å². The zero-order valence-corrected chi connectivity index (χ0v) is 15.5. The van der Waals surface area contributed by atoms with Crippen LogP contribution in [-0.4, -0.2) is 36.7 Å². The van der Waals surface area contributed by atoms with Crippen LogP contribution in [0.3, 0.4) is 0 Å². The molecular formula is C18H24N2OS2. The van der Waals surface area contributed by atoms with E-state index in [4.69, 9.17) is 0 Å². The lowest BCUT2D eigenvalue weighted by atomic mass is 10.1. The largest absolute Gasteiger partial charge is 0.353 e. The molecule has 0 saturated carbocycles. The molecule has 2 atom stereocenters. The molecule has 0 aliphatic carbocycles. The van der Waals surface area contributed by atoms with Crippen molar-refractivity contribution in [3.05, 3.63) is 58.3 Å². The van der Waals surface area contributed by atoms with Crippen molar-refractivity contribution in [2.24, 2.45) is 0 Å². The summed E-state index contributed by atoms with van der Waals surface area (Å²) in [6, 6.07) is 12.6. The molecule has 0 bridgehead atoms. The van der Waals surface area contributed by atoms with Gasteiger partial charge in [0.15, 0.2) is 0 Å². The quantitative estimate of drug-likeness (QED) is 0.788. The molecular weight excluding hydrogens is 324 g/mol. The maximum atomic E-state index is 12.3. The number of rotatable bonds is 8. The van der Waals surface area contributed by atoms with Crippen LogP contribution in [0, 0.1) is 0 Å². The number of carbonyl (C=O) groups excluding carboxylic acids is 1. The maximum Gasteiger partial charge on any atom is 0.232 e. The fourth-order valence-electron chi connectivity index (χ4n) is 2.28. The third-order valence-electron chi connectivity index (χ3n) is 3.73. The second-order valence-corrected chi connectivity index (χ2v) is 7.83. The van der Waals surface area contributed by atoms with Gasteiger partial charge in [-0.1, -0.05) is 30.3 Å². The van der Waals surface area contributed by atoms with Gasteiger partial charge < -0.3 is 10.2 Å². The number of nitrogens with zero attached hydrogens (tertiary/aromatic N) is 1. The van der Waals surface area contributed by atoms with E-state index in [1.165, 1.54) is 11.1 Å². The lowest BCUT2D eigenvalue weighted by molar-refractivity contribution is -0.120. The third kappa shape index (κ3) is 5.68. The van der Waals surface area contributed by atoms with E-state index >= 15 is 0 Å². The fourth-order valence-corrected chi connectivity index (χ4v) is 3.85. The molecule has 2 rings (SSSR count). The number of likely N-dealkylation sites (N-methyl/N-ethyl adjacent to an activating group) is 1. The Morgan fingerprint density at radius 2 is 2.00 bits per heavy atom. The number of thioether (sulfide) groups is 1. The minimum Gasteiger partial charge on any atom is -0.353 e. The Morgan fingerprint density at radius 1 is 1.26 bits per heavy atom. The van der Waals surface area contributed by atoms with Gasteiger partial charge in [-0.25, -0.2) is 0 Å². The van der Waals surface area contributed by atoms with Crippen LogP contribution in [0.2, 0.25) is 0 Å². The Morgan fingerprint density at radius 3 is 2.61 bits per heavy atom. The summed E-state index contributed by atoms with van der Waals surface area (Å²) in [5.41, 5.74) is 2.51. The normalized spacial score (nSPS) is 13.7. The van der Waals surface area contributed by atoms with Crippen LogP contribution in [-0.2, 0) is 10.5 Å². The maximum absolute atomic E-state index is 12.3. The molecule has 3 nitrogen and oxygen atoms in total. The first kappa shape index (κ1) is 18.0. The average Bonchev–Trinajstić information content (AvgIpc) is 3.07. The first-order chi connectivity index (χ1) is 11.1. The fraction of sp³-hybridized carbons (Fsp3) is 0.389. The number of nitrogens with one attached hydrogen (secondary N) is 1. The number of benzene rings is 1. The second kappa shape index (κ2) is 9.11. The van der Waals surface area contributed by atoms with Crippen LogP contribution >= 0.6 is 23.1 Å². The van der Waals surface area contributed by atoms with Crippen LogP contribution in [0.1, 0.15) is 24.1 Å². The summed E-state index contributed by atoms with van der Waals surface area (Å²) >= 11 is 3.36. The van der Waals surface area contributed by atoms with E-state index in [1.807, 2.05) is 39.2 Å². The van der Waals surface area contributed by atoms with Gasteiger partial charge in [0.1, 0.15) is 0 Å². The van der Waals surface area contributed by atoms with Gasteiger partial charge in [0.2, 0.25) is 5.91 Å². The number of amides is 1. The highest BCUT2D eigenvalue weighted by atomic mass is 32.2. The molecule has 23 heavy (non-hydrogen) atoms. The van der Waals surface area contributed by atoms with Crippen molar-refractivity contribution in [3.63, 3.8) is 0 Å². The topological polar surface area (TPSA) is 32.3 Å². The number of hydrogen-bond donors (Lipinski definition) is 1. The van der Waals surface area contributed by atoms with Gasteiger partial charge in [0.05, 0.1) is 11.3 Å². The SMILES string of the molecule is C[C@H](SCc1ccccc1)C(=O)NC[C@@H](c1ccsc1)N(C)C. The van der Waals surface area contributed by atoms with E-state index in [9.17, 15) is 4.79 Å². The summed E-state index contributed by atoms with van der Waals surface area (Å²) < 4.78 is 0. The van der Waals surface area contributed by atoms with Gasteiger partial charge in [-0.2, -0.15) is 11.3 Å². The minimum absolute atomic E-state index is 0.0551. The highest BCUT2D eigenvalue weighted by Gasteiger charge is 2.18. The molecule has 5 heteroatoms. The standard InChI is InChI=1S/C18H24N2OS2/c1-14(23-12-15-7-5-4-6-8-15)18(21)19-11-17(20(2)3)16-9-10-22-13-16/h4-10,13-14,17H,11-12H2,1-3H3,(H,19,21)/t14-,17-/m0/s1. The molecule has 1 aromatic heterocycles. The Bertz CT molecular complexity index is 584. The van der Waals surface area contributed by atoms with Crippen molar-refractivity contribution in [1.82, 2.24) is 10.2 Å². The van der Waals surface area contributed by atoms with Gasteiger partial charge >= 0.3 is 0 Å². The Balaban J connectivity index is 1.81. The van der Waals surface area contributed by atoms with Crippen LogP contribution < -0.4 is 5.32 Å². The van der Waals surface area contributed by atoms with E-state index in [-0.39, 0.29) is 17.2 Å². The number of carbonyl (C=O) groups is 1. The van der Waals surface area contributed by atoms with Crippen molar-refractivity contribution in [1.29, 1.82) is 0 Å². The summed E-state index contributed by atoms with van der Waals surface area (Å²) in [7, 11) is 4.09. The molecule has 0 aliphatic rings. The summed E-state index contributed by atoms with van der Waals surface area (Å²) in [5, 5.41) is 7.26. The molecule has 2 aromatic rings. The molecule has 1 heterocycles. The zero-order chi connectivity index (χ0) is 16.7. The van der Waals surface area contributed by atoms with Crippen LogP contribution in [0.4, 0.5) is 0 Å². The summed E-state index contributed by atoms with van der Waals surface area (Å²) in [5.74, 6) is 0.963. The highest BCUT2D eigenvalue weighted by molar-refractivity contribution is 7.99. The molecule has 0 saturated heterocycles. The predicted octanol–water partition coefficient (Wildman–Crippen LogP) is 3.79. The third-order valence-corrected chi connectivity index (χ3v) is 5.65. The molecule has 0 unspecified atom stereocenters. The van der Waals surface area contributed by atoms with Gasteiger partial charge in [0.25, 0.3) is 0 Å². The molecule has 1 aromatic carbocycles. The first-order valence-electron chi connectivity index (χ1n) is 7.69. The molecule has 0 radical (unpaired) electrons. The molecule has 1 N–H and O–H groups in total. The van der Waals surface area contributed by atoms with Crippen LogP contribution in [0.5, 0.6) is 0 Å². The van der Waals surface area contributed by atoms with E-state index in [0.29, 0.717) is 6.54 Å². The van der Waals surface area contributed by atoms with Crippen LogP contribution in [0.25, 0.3) is 0 Å². The van der Waals surface area contributed by atoms with E-state index in [1.54, 1.807) is 23.1 Å². The van der Waals surface area contributed by atoms with Crippen molar-refractivity contribution in [2.75, 3.05) is 20.6 Å². The van der Waals surface area contributed by atoms with Crippen molar-refractivity contribution in [3.8, 4) is 0 Å². The Hall–Kier alpha value is -1.30. The molecule has 0 spiro atoms. The summed E-state index contributed by atoms with van der Waals surface area (Å²) in [6.45, 7) is 2.61. The summed E-state index contributed by atoms with van der Waals surface area (Å²) in [6.07, 6.45) is 0. The minimum atomic E-state index is -0.0551. The van der Waals surface area contributed by atoms with Crippen molar-refractivity contribution in [2.45, 2.75) is 24.0 Å². The predicted molar refractivity (Wildman–Crippen MR) is 101 cm³/mol. The highest BCUT2D eigenvalue weighted by Crippen LogP contribution is 2.21. The number of thiophene rings is 1. The van der Waals surface area contributed by atoms with Crippen LogP contribution in [0.15, 0.2) is 47.2 Å². The molecule has 0 fully saturated rings. The Labute approximate surface area is 147 Å². The van der Waals surface area contributed by atoms with Gasteiger partial charge in [-0.15, -0.1) is 11.8 Å².